The lowest BCUT2D eigenvalue weighted by atomic mass is 10.1. The Labute approximate surface area is 184 Å². The summed E-state index contributed by atoms with van der Waals surface area (Å²) in [5, 5.41) is 11.6. The van der Waals surface area contributed by atoms with Gasteiger partial charge < -0.3 is 19.3 Å². The molecule has 0 heterocycles. The van der Waals surface area contributed by atoms with Crippen molar-refractivity contribution in [2.75, 3.05) is 7.05 Å². The van der Waals surface area contributed by atoms with E-state index < -0.39 is 23.5 Å². The molecule has 1 N–H and O–H groups in total. The molecule has 2 aromatic rings. The zero-order valence-electron chi connectivity index (χ0n) is 18.8. The van der Waals surface area contributed by atoms with E-state index in [1.165, 1.54) is 4.90 Å². The Hall–Kier alpha value is -2.41. The summed E-state index contributed by atoms with van der Waals surface area (Å²) < 4.78 is 17.7. The maximum atomic E-state index is 12.7. The first-order chi connectivity index (χ1) is 14.7. The van der Waals surface area contributed by atoms with Gasteiger partial charge in [0.05, 0.1) is 19.3 Å². The number of nitrogens with zero attached hydrogens (tertiary/aromatic N) is 1. The van der Waals surface area contributed by atoms with Crippen molar-refractivity contribution >= 4 is 6.09 Å². The lowest BCUT2D eigenvalue weighted by molar-refractivity contribution is -0.170. The van der Waals surface area contributed by atoms with Crippen molar-refractivity contribution in [1.82, 2.24) is 4.90 Å². The van der Waals surface area contributed by atoms with Crippen molar-refractivity contribution < 1.29 is 24.1 Å². The number of hydrogen-bond acceptors (Lipinski definition) is 5. The van der Waals surface area contributed by atoms with Gasteiger partial charge in [0, 0.05) is 19.9 Å². The molecule has 6 nitrogen and oxygen atoms in total. The van der Waals surface area contributed by atoms with Gasteiger partial charge in [-0.3, -0.25) is 4.90 Å². The number of likely N-dealkylation sites (N-methyl/N-ethyl adjacent to an activating group) is 1. The van der Waals surface area contributed by atoms with E-state index in [-0.39, 0.29) is 12.5 Å². The molecule has 0 unspecified atom stereocenters. The van der Waals surface area contributed by atoms with Crippen LogP contribution < -0.4 is 0 Å². The van der Waals surface area contributed by atoms with E-state index >= 15 is 0 Å². The van der Waals surface area contributed by atoms with E-state index in [4.69, 9.17) is 14.2 Å². The van der Waals surface area contributed by atoms with E-state index in [0.717, 1.165) is 11.1 Å². The van der Waals surface area contributed by atoms with Gasteiger partial charge >= 0.3 is 6.09 Å². The molecule has 0 bridgehead atoms. The Morgan fingerprint density at radius 2 is 1.52 bits per heavy atom. The second-order valence-electron chi connectivity index (χ2n) is 9.06. The maximum absolute atomic E-state index is 12.7. The summed E-state index contributed by atoms with van der Waals surface area (Å²) in [5.74, 6) is 0. The zero-order valence-corrected chi connectivity index (χ0v) is 18.8. The predicted octanol–water partition coefficient (Wildman–Crippen LogP) is 4.51. The van der Waals surface area contributed by atoms with Crippen molar-refractivity contribution in [3.05, 3.63) is 71.8 Å². The van der Waals surface area contributed by atoms with Gasteiger partial charge in [-0.1, -0.05) is 60.7 Å². The molecule has 168 valence electrons. The Morgan fingerprint density at radius 3 is 2.03 bits per heavy atom. The molecule has 6 heteroatoms. The fourth-order valence-electron chi connectivity index (χ4n) is 3.71. The molecule has 31 heavy (non-hydrogen) atoms. The van der Waals surface area contributed by atoms with Gasteiger partial charge in [0.1, 0.15) is 11.7 Å². The van der Waals surface area contributed by atoms with Crippen LogP contribution in [-0.4, -0.2) is 46.7 Å². The number of carbonyl (C=O) groups excluding carboxylic acids is 1. The number of amides is 1. The summed E-state index contributed by atoms with van der Waals surface area (Å²) >= 11 is 0. The van der Waals surface area contributed by atoms with Gasteiger partial charge in [0.15, 0.2) is 5.72 Å². The van der Waals surface area contributed by atoms with E-state index in [0.29, 0.717) is 19.6 Å². The topological polar surface area (TPSA) is 68.2 Å². The lowest BCUT2D eigenvalue weighted by Gasteiger charge is -2.38. The molecule has 1 aliphatic rings. The quantitative estimate of drug-likeness (QED) is 0.659. The first-order valence-electron chi connectivity index (χ1n) is 10.7. The number of benzene rings is 2. The Morgan fingerprint density at radius 1 is 1.00 bits per heavy atom. The van der Waals surface area contributed by atoms with Crippen LogP contribution in [0.2, 0.25) is 0 Å². The second kappa shape index (κ2) is 9.81. The molecule has 0 aliphatic heterocycles. The van der Waals surface area contributed by atoms with Crippen LogP contribution in [0.1, 0.15) is 44.7 Å². The fourth-order valence-corrected chi connectivity index (χ4v) is 3.71. The maximum Gasteiger partial charge on any atom is 0.412 e. The molecule has 1 saturated carbocycles. The average molecular weight is 428 g/mol. The average Bonchev–Trinajstić information content (AvgIpc) is 3.07. The minimum Gasteiger partial charge on any atom is -0.444 e. The highest BCUT2D eigenvalue weighted by atomic mass is 16.6. The van der Waals surface area contributed by atoms with Crippen molar-refractivity contribution in [2.24, 2.45) is 0 Å². The number of aliphatic hydroxyl groups is 1. The molecule has 0 saturated heterocycles. The van der Waals surface area contributed by atoms with E-state index in [9.17, 15) is 9.90 Å². The summed E-state index contributed by atoms with van der Waals surface area (Å²) in [6, 6.07) is 19.6. The molecular formula is C25H33NO5. The highest BCUT2D eigenvalue weighted by Gasteiger charge is 2.52. The standard InChI is InChI=1S/C25H33NO5/c1-24(2,3)31-23(27)26(4)25(28)16-21(29-17-19-11-7-5-8-12-19)15-22(25)30-18-20-13-9-6-10-14-20/h5-14,21-22,28H,15-18H2,1-4H3/t21-,22+,25-/m1/s1. The van der Waals surface area contributed by atoms with Gasteiger partial charge in [-0.15, -0.1) is 0 Å². The molecular weight excluding hydrogens is 394 g/mol. The van der Waals surface area contributed by atoms with E-state index in [1.54, 1.807) is 27.8 Å². The Bertz CT molecular complexity index is 836. The highest BCUT2D eigenvalue weighted by molar-refractivity contribution is 5.68. The van der Waals surface area contributed by atoms with Crippen LogP contribution in [0.3, 0.4) is 0 Å². The minimum atomic E-state index is -1.53. The molecule has 3 atom stereocenters. The summed E-state index contributed by atoms with van der Waals surface area (Å²) in [5.41, 5.74) is -0.138. The van der Waals surface area contributed by atoms with Gasteiger partial charge in [0.2, 0.25) is 0 Å². The lowest BCUT2D eigenvalue weighted by Crippen LogP contribution is -2.56. The smallest absolute Gasteiger partial charge is 0.412 e. The number of ether oxygens (including phenoxy) is 3. The third kappa shape index (κ3) is 6.29. The number of carbonyl (C=O) groups is 1. The molecule has 1 aliphatic carbocycles. The van der Waals surface area contributed by atoms with Crippen LogP contribution in [0.4, 0.5) is 4.79 Å². The van der Waals surface area contributed by atoms with Crippen LogP contribution in [-0.2, 0) is 27.4 Å². The normalized spacial score (nSPS) is 23.5. The Balaban J connectivity index is 1.72. The molecule has 1 fully saturated rings. The molecule has 0 aromatic heterocycles. The van der Waals surface area contributed by atoms with Gasteiger partial charge in [-0.05, 0) is 31.9 Å². The number of hydrogen-bond donors (Lipinski definition) is 1. The predicted molar refractivity (Wildman–Crippen MR) is 118 cm³/mol. The minimum absolute atomic E-state index is 0.245. The first kappa shape index (κ1) is 23.3. The zero-order chi connectivity index (χ0) is 22.5. The van der Waals surface area contributed by atoms with Crippen LogP contribution in [0.5, 0.6) is 0 Å². The monoisotopic (exact) mass is 427 g/mol. The summed E-state index contributed by atoms with van der Waals surface area (Å²) in [4.78, 5) is 14.0. The highest BCUT2D eigenvalue weighted by Crippen LogP contribution is 2.38. The van der Waals surface area contributed by atoms with Gasteiger partial charge in [-0.25, -0.2) is 4.79 Å². The van der Waals surface area contributed by atoms with Crippen LogP contribution in [0.15, 0.2) is 60.7 Å². The molecule has 3 rings (SSSR count). The third-order valence-corrected chi connectivity index (χ3v) is 5.39. The first-order valence-corrected chi connectivity index (χ1v) is 10.7. The molecule has 1 amide bonds. The fraction of sp³-hybridized carbons (Fsp3) is 0.480. The van der Waals surface area contributed by atoms with E-state index in [1.807, 2.05) is 60.7 Å². The summed E-state index contributed by atoms with van der Waals surface area (Å²) in [6.45, 7) is 6.16. The van der Waals surface area contributed by atoms with Crippen LogP contribution in [0.25, 0.3) is 0 Å². The Kier molecular flexibility index (Phi) is 7.36. The van der Waals surface area contributed by atoms with Gasteiger partial charge in [-0.2, -0.15) is 0 Å². The van der Waals surface area contributed by atoms with Crippen molar-refractivity contribution in [3.8, 4) is 0 Å². The summed E-state index contributed by atoms with van der Waals surface area (Å²) in [7, 11) is 1.55. The van der Waals surface area contributed by atoms with Crippen molar-refractivity contribution in [1.29, 1.82) is 0 Å². The SMILES string of the molecule is CN(C(=O)OC(C)(C)C)[C@@]1(O)C[C@H](OCc2ccccc2)C[C@@H]1OCc1ccccc1. The molecule has 2 aromatic carbocycles. The van der Waals surface area contributed by atoms with E-state index in [2.05, 4.69) is 0 Å². The van der Waals surface area contributed by atoms with Crippen LogP contribution >= 0.6 is 0 Å². The molecule has 0 radical (unpaired) electrons. The second-order valence-corrected chi connectivity index (χ2v) is 9.06. The number of rotatable bonds is 7. The summed E-state index contributed by atoms with van der Waals surface area (Å²) in [6.07, 6.45) is -0.730. The molecule has 0 spiro atoms. The van der Waals surface area contributed by atoms with Gasteiger partial charge in [0.25, 0.3) is 0 Å². The largest absolute Gasteiger partial charge is 0.444 e. The van der Waals surface area contributed by atoms with Crippen molar-refractivity contribution in [2.45, 2.75) is 70.4 Å². The third-order valence-electron chi connectivity index (χ3n) is 5.39. The van der Waals surface area contributed by atoms with Crippen molar-refractivity contribution in [3.63, 3.8) is 0 Å². The van der Waals surface area contributed by atoms with Crippen LogP contribution in [0, 0.1) is 0 Å².